The van der Waals surface area contributed by atoms with E-state index in [4.69, 9.17) is 0 Å². The van der Waals surface area contributed by atoms with Gasteiger partial charge in [0.05, 0.1) is 24.4 Å². The first-order chi connectivity index (χ1) is 24.7. The minimum absolute atomic E-state index is 0. The van der Waals surface area contributed by atoms with Gasteiger partial charge >= 0.3 is 37.7 Å². The molecule has 4 saturated carbocycles. The molecule has 296 valence electrons. The second-order valence-electron chi connectivity index (χ2n) is 17.1. The Balaban J connectivity index is 0.000000360. The number of unbranched alkanes of at least 4 members (excludes halogenated alkanes) is 6. The second kappa shape index (κ2) is 23.9. The van der Waals surface area contributed by atoms with Crippen molar-refractivity contribution in [3.63, 3.8) is 0 Å². The van der Waals surface area contributed by atoms with Crippen molar-refractivity contribution in [2.24, 2.45) is 34.5 Å². The SMILES string of the molecule is CCCCC[C@@H](O)/C=C/[C@@H]1[C@@H](O)C[C@@]2(C)C/C(=C/CCCC(=O)[O-])C[C@@H]12.CCCCC[C@@H](O)/C=C/[C@@H]1[C@@H](O)C[C@@]2(C)C/C(=C/CCCC(=O)[O-])C[C@@H]12.[Ca+2]. The maximum absolute atomic E-state index is 10.5. The minimum atomic E-state index is -0.982. The molecule has 0 aromatic heterocycles. The number of carboxylic acids is 2. The zero-order valence-electron chi connectivity index (χ0n) is 33.4. The predicted molar refractivity (Wildman–Crippen MR) is 208 cm³/mol. The summed E-state index contributed by atoms with van der Waals surface area (Å²) >= 11 is 0. The van der Waals surface area contributed by atoms with Gasteiger partial charge in [0.2, 0.25) is 0 Å². The van der Waals surface area contributed by atoms with Crippen molar-refractivity contribution in [2.75, 3.05) is 0 Å². The number of hydrogen-bond donors (Lipinski definition) is 4. The molecule has 0 amide bonds. The van der Waals surface area contributed by atoms with E-state index in [2.05, 4.69) is 52.0 Å². The van der Waals surface area contributed by atoms with Gasteiger partial charge in [0.25, 0.3) is 0 Å². The quantitative estimate of drug-likeness (QED) is 0.0680. The molecule has 0 aliphatic heterocycles. The Hall–Kier alpha value is -1.00. The summed E-state index contributed by atoms with van der Waals surface area (Å²) in [6, 6.07) is 0. The summed E-state index contributed by atoms with van der Waals surface area (Å²) in [5, 5.41) is 62.3. The van der Waals surface area contributed by atoms with Crippen molar-refractivity contribution in [3.05, 3.63) is 47.6 Å². The number of carbonyl (C=O) groups excluding carboxylic acids is 2. The number of carboxylic acid groups (broad SMARTS) is 2. The van der Waals surface area contributed by atoms with Crippen molar-refractivity contribution in [2.45, 2.75) is 181 Å². The van der Waals surface area contributed by atoms with Crippen LogP contribution in [0.2, 0.25) is 0 Å². The topological polar surface area (TPSA) is 161 Å². The molecule has 0 radical (unpaired) electrons. The number of fused-ring (bicyclic) bond motifs is 2. The van der Waals surface area contributed by atoms with Gasteiger partial charge in [-0.1, -0.05) is 114 Å². The van der Waals surface area contributed by atoms with Gasteiger partial charge in [-0.2, -0.15) is 0 Å². The Morgan fingerprint density at radius 1 is 0.698 bits per heavy atom. The van der Waals surface area contributed by atoms with Gasteiger partial charge in [0.15, 0.2) is 0 Å². The number of aliphatic hydroxyl groups is 4. The summed E-state index contributed by atoms with van der Waals surface area (Å²) in [5.41, 5.74) is 3.01. The third-order valence-electron chi connectivity index (χ3n) is 12.5. The normalized spacial score (nSPS) is 33.2. The van der Waals surface area contributed by atoms with Crippen molar-refractivity contribution in [1.29, 1.82) is 0 Å². The van der Waals surface area contributed by atoms with Crippen LogP contribution in [-0.2, 0) is 9.59 Å². The molecule has 0 aromatic carbocycles. The smallest absolute Gasteiger partial charge is 0.550 e. The van der Waals surface area contributed by atoms with Crippen molar-refractivity contribution in [1.82, 2.24) is 0 Å². The van der Waals surface area contributed by atoms with Crippen LogP contribution in [0.25, 0.3) is 0 Å². The van der Waals surface area contributed by atoms with Gasteiger partial charge in [0.1, 0.15) is 0 Å². The molecule has 4 N–H and O–H groups in total. The van der Waals surface area contributed by atoms with E-state index >= 15 is 0 Å². The van der Waals surface area contributed by atoms with Crippen LogP contribution in [0.5, 0.6) is 0 Å². The fourth-order valence-electron chi connectivity index (χ4n) is 9.77. The van der Waals surface area contributed by atoms with Gasteiger partial charge < -0.3 is 40.2 Å². The Bertz CT molecular complexity index is 1150. The molecule has 4 rings (SSSR count). The van der Waals surface area contributed by atoms with Gasteiger partial charge in [0, 0.05) is 23.8 Å². The van der Waals surface area contributed by atoms with E-state index in [0.717, 1.165) is 103 Å². The molecule has 8 nitrogen and oxygen atoms in total. The summed E-state index contributed by atoms with van der Waals surface area (Å²) in [4.78, 5) is 21.0. The van der Waals surface area contributed by atoms with E-state index in [1.54, 1.807) is 0 Å². The predicted octanol–water partition coefficient (Wildman–Crippen LogP) is 5.87. The molecule has 0 saturated heterocycles. The first-order valence-corrected chi connectivity index (χ1v) is 20.6. The van der Waals surface area contributed by atoms with Crippen LogP contribution in [0, 0.1) is 34.5 Å². The van der Waals surface area contributed by atoms with Crippen molar-refractivity contribution >= 4 is 49.7 Å². The molecule has 0 spiro atoms. The van der Waals surface area contributed by atoms with Gasteiger partial charge in [-0.05, 0) is 113 Å². The van der Waals surface area contributed by atoms with Crippen LogP contribution < -0.4 is 10.2 Å². The number of allylic oxidation sites excluding steroid dienone is 4. The minimum Gasteiger partial charge on any atom is -0.550 e. The Labute approximate surface area is 350 Å². The zero-order chi connectivity index (χ0) is 38.3. The largest absolute Gasteiger partial charge is 2.00 e. The molecule has 0 heterocycles. The van der Waals surface area contributed by atoms with Crippen LogP contribution in [0.15, 0.2) is 47.6 Å². The maximum atomic E-state index is 10.5. The summed E-state index contributed by atoms with van der Waals surface area (Å²) in [5.74, 6) is -0.938. The summed E-state index contributed by atoms with van der Waals surface area (Å²) in [7, 11) is 0. The third-order valence-corrected chi connectivity index (χ3v) is 12.5. The zero-order valence-corrected chi connectivity index (χ0v) is 35.6. The van der Waals surface area contributed by atoms with Gasteiger partial charge in [-0.25, -0.2) is 0 Å². The molecule has 0 bridgehead atoms. The van der Waals surface area contributed by atoms with E-state index in [9.17, 15) is 40.2 Å². The molecule has 53 heavy (non-hydrogen) atoms. The van der Waals surface area contributed by atoms with Crippen LogP contribution in [0.4, 0.5) is 0 Å². The molecular formula is C44H70CaO8. The second-order valence-corrected chi connectivity index (χ2v) is 17.1. The molecule has 4 aliphatic carbocycles. The molecule has 10 atom stereocenters. The summed E-state index contributed by atoms with van der Waals surface area (Å²) in [6.07, 6.45) is 27.6. The number of hydrogen-bond acceptors (Lipinski definition) is 8. The third kappa shape index (κ3) is 15.5. The molecule has 4 fully saturated rings. The Morgan fingerprint density at radius 2 is 1.08 bits per heavy atom. The average Bonchev–Trinajstić information content (AvgIpc) is 3.71. The van der Waals surface area contributed by atoms with Gasteiger partial charge in [-0.3, -0.25) is 0 Å². The standard InChI is InChI=1S/2C22H36O4.Ca/c2*1-3-4-5-9-17(23)11-12-18-19-13-16(8-6-7-10-21(25)26)14-22(19,2)15-20(18)24;/h2*8,11-12,17-20,23-24H,3-7,9-10,13-15H2,1-2H3,(H,25,26);/q;;+2/p-2/b2*12-11+,16-8+;/t2*17-,18+,19+,20+,22-;/m11./s1. The molecule has 0 unspecified atom stereocenters. The van der Waals surface area contributed by atoms with E-state index in [0.29, 0.717) is 24.7 Å². The number of rotatable bonds is 20. The van der Waals surface area contributed by atoms with Crippen LogP contribution in [0.1, 0.15) is 156 Å². The van der Waals surface area contributed by atoms with E-state index in [-0.39, 0.29) is 85.5 Å². The first-order valence-electron chi connectivity index (χ1n) is 20.6. The maximum Gasteiger partial charge on any atom is 2.00 e. The number of aliphatic hydroxyl groups excluding tert-OH is 4. The summed E-state index contributed by atoms with van der Waals surface area (Å²) in [6.45, 7) is 8.83. The molecule has 0 aromatic rings. The first kappa shape index (κ1) is 48.1. The van der Waals surface area contributed by atoms with Crippen LogP contribution in [0.3, 0.4) is 0 Å². The van der Waals surface area contributed by atoms with Crippen molar-refractivity contribution in [3.8, 4) is 0 Å². The van der Waals surface area contributed by atoms with Gasteiger partial charge in [-0.15, -0.1) is 0 Å². The van der Waals surface area contributed by atoms with Crippen LogP contribution >= 0.6 is 0 Å². The fraction of sp³-hybridized carbons (Fsp3) is 0.773. The summed E-state index contributed by atoms with van der Waals surface area (Å²) < 4.78 is 0. The monoisotopic (exact) mass is 766 g/mol. The molecule has 4 aliphatic rings. The molecule has 9 heteroatoms. The van der Waals surface area contributed by atoms with E-state index < -0.39 is 24.1 Å². The van der Waals surface area contributed by atoms with Crippen molar-refractivity contribution < 1.29 is 40.2 Å². The number of aliphatic carboxylic acids is 2. The van der Waals surface area contributed by atoms with E-state index in [1.807, 2.05) is 12.2 Å². The fourth-order valence-corrected chi connectivity index (χ4v) is 9.77. The number of carbonyl (C=O) groups is 2. The van der Waals surface area contributed by atoms with E-state index in [1.165, 1.54) is 11.1 Å². The Kier molecular flexibility index (Phi) is 21.7. The van der Waals surface area contributed by atoms with Crippen LogP contribution in [-0.4, -0.2) is 94.5 Å². The Morgan fingerprint density at radius 3 is 1.42 bits per heavy atom. The molecular weight excluding hydrogens is 697 g/mol. The average molecular weight is 767 g/mol.